The molecular formula is C27H41N3O4S2. The van der Waals surface area contributed by atoms with E-state index in [1.54, 1.807) is 18.9 Å². The molecule has 1 aromatic carbocycles. The van der Waals surface area contributed by atoms with Crippen LogP contribution in [0, 0.1) is 5.92 Å². The van der Waals surface area contributed by atoms with Gasteiger partial charge in [0.1, 0.15) is 17.4 Å². The minimum Gasteiger partial charge on any atom is -0.497 e. The molecular weight excluding hydrogens is 494 g/mol. The maximum Gasteiger partial charge on any atom is 0.411 e. The van der Waals surface area contributed by atoms with Crippen LogP contribution in [0.1, 0.15) is 71.3 Å². The van der Waals surface area contributed by atoms with E-state index in [0.717, 1.165) is 24.2 Å². The number of amides is 2. The summed E-state index contributed by atoms with van der Waals surface area (Å²) in [5.74, 6) is 2.31. The van der Waals surface area contributed by atoms with Gasteiger partial charge in [-0.2, -0.15) is 0 Å². The highest BCUT2D eigenvalue weighted by molar-refractivity contribution is 7.99. The van der Waals surface area contributed by atoms with Gasteiger partial charge in [-0.3, -0.25) is 9.69 Å². The number of hydrogen-bond acceptors (Lipinski definition) is 6. The second kappa shape index (κ2) is 13.5. The van der Waals surface area contributed by atoms with Crippen LogP contribution in [-0.4, -0.2) is 58.3 Å². The van der Waals surface area contributed by atoms with E-state index in [2.05, 4.69) is 10.6 Å². The van der Waals surface area contributed by atoms with Crippen LogP contribution in [0.5, 0.6) is 5.75 Å². The van der Waals surface area contributed by atoms with Gasteiger partial charge in [-0.25, -0.2) is 4.79 Å². The third kappa shape index (κ3) is 8.83. The zero-order valence-corrected chi connectivity index (χ0v) is 23.6. The quantitative estimate of drug-likeness (QED) is 0.417. The molecule has 200 valence electrons. The minimum absolute atomic E-state index is 0.173. The number of nitrogens with one attached hydrogen (secondary N) is 2. The molecule has 0 unspecified atom stereocenters. The zero-order chi connectivity index (χ0) is 26.1. The van der Waals surface area contributed by atoms with Crippen LogP contribution in [0.25, 0.3) is 0 Å². The van der Waals surface area contributed by atoms with E-state index in [9.17, 15) is 9.59 Å². The SMILES string of the molecule is COc1ccc(CNC(=S)[C@H](CCC2CCCCC2)NC(=O)[C@@H]2CSCN2C(=O)OC(C)(C)C)cc1. The lowest BCUT2D eigenvalue weighted by atomic mass is 9.85. The molecule has 1 heterocycles. The summed E-state index contributed by atoms with van der Waals surface area (Å²) >= 11 is 7.34. The minimum atomic E-state index is -0.610. The fourth-order valence-electron chi connectivity index (χ4n) is 4.63. The van der Waals surface area contributed by atoms with Gasteiger partial charge in [-0.05, 0) is 57.2 Å². The van der Waals surface area contributed by atoms with E-state index in [0.29, 0.717) is 29.1 Å². The van der Waals surface area contributed by atoms with Crippen LogP contribution >= 0.6 is 24.0 Å². The van der Waals surface area contributed by atoms with E-state index < -0.39 is 17.7 Å². The molecule has 36 heavy (non-hydrogen) atoms. The second-order valence-corrected chi connectivity index (χ2v) is 12.1. The highest BCUT2D eigenvalue weighted by atomic mass is 32.2. The van der Waals surface area contributed by atoms with Gasteiger partial charge in [0.25, 0.3) is 0 Å². The maximum absolute atomic E-state index is 13.4. The van der Waals surface area contributed by atoms with Crippen molar-refractivity contribution in [3.8, 4) is 5.75 Å². The highest BCUT2D eigenvalue weighted by Gasteiger charge is 2.38. The smallest absolute Gasteiger partial charge is 0.411 e. The molecule has 7 nitrogen and oxygen atoms in total. The van der Waals surface area contributed by atoms with E-state index in [-0.39, 0.29) is 11.9 Å². The number of carbonyl (C=O) groups excluding carboxylic acids is 2. The molecule has 0 aromatic heterocycles. The number of rotatable bonds is 9. The van der Waals surface area contributed by atoms with Gasteiger partial charge < -0.3 is 20.1 Å². The predicted octanol–water partition coefficient (Wildman–Crippen LogP) is 5.27. The summed E-state index contributed by atoms with van der Waals surface area (Å²) in [7, 11) is 1.65. The van der Waals surface area contributed by atoms with E-state index in [1.165, 1.54) is 37.0 Å². The number of benzene rings is 1. The summed E-state index contributed by atoms with van der Waals surface area (Å²) in [5, 5.41) is 6.53. The van der Waals surface area contributed by atoms with Crippen LogP contribution in [0.4, 0.5) is 4.79 Å². The van der Waals surface area contributed by atoms with Crippen LogP contribution in [0.3, 0.4) is 0 Å². The first kappa shape index (κ1) is 28.6. The topological polar surface area (TPSA) is 79.9 Å². The Morgan fingerprint density at radius 1 is 1.17 bits per heavy atom. The molecule has 0 bridgehead atoms. The monoisotopic (exact) mass is 535 g/mol. The van der Waals surface area contributed by atoms with Crippen molar-refractivity contribution in [1.29, 1.82) is 0 Å². The largest absolute Gasteiger partial charge is 0.497 e. The normalized spacial score (nSPS) is 19.4. The molecule has 2 aliphatic rings. The summed E-state index contributed by atoms with van der Waals surface area (Å²) in [4.78, 5) is 28.2. The van der Waals surface area contributed by atoms with Crippen molar-refractivity contribution < 1.29 is 19.1 Å². The van der Waals surface area contributed by atoms with Crippen LogP contribution in [0.15, 0.2) is 24.3 Å². The first-order chi connectivity index (χ1) is 17.2. The molecule has 1 saturated carbocycles. The fraction of sp³-hybridized carbons (Fsp3) is 0.667. The predicted molar refractivity (Wildman–Crippen MR) is 149 cm³/mol. The number of carbonyl (C=O) groups is 2. The van der Waals surface area contributed by atoms with Crippen LogP contribution in [-0.2, 0) is 16.1 Å². The molecule has 2 N–H and O–H groups in total. The Labute approximate surface area is 225 Å². The molecule has 2 amide bonds. The van der Waals surface area contributed by atoms with Gasteiger partial charge in [0.2, 0.25) is 5.91 Å². The summed E-state index contributed by atoms with van der Waals surface area (Å²) in [6.07, 6.45) is 7.75. The molecule has 1 aliphatic heterocycles. The molecule has 2 fully saturated rings. The first-order valence-electron chi connectivity index (χ1n) is 12.9. The molecule has 1 aliphatic carbocycles. The number of ether oxygens (including phenoxy) is 2. The highest BCUT2D eigenvalue weighted by Crippen LogP contribution is 2.28. The summed E-state index contributed by atoms with van der Waals surface area (Å²) in [6.45, 7) is 6.06. The number of thiocarbonyl (C=S) groups is 1. The standard InChI is InChI=1S/C27H41N3O4S2/c1-27(2,3)34-26(32)30-18-36-17-23(30)24(31)29-22(15-12-19-8-6-5-7-9-19)25(35)28-16-20-10-13-21(33-4)14-11-20/h10-11,13-14,19,22-23H,5-9,12,15-18H2,1-4H3,(H,28,35)(H,29,31)/t22-,23-/m0/s1. The van der Waals surface area contributed by atoms with Crippen molar-refractivity contribution in [2.45, 2.75) is 89.9 Å². The third-order valence-electron chi connectivity index (χ3n) is 6.66. The Morgan fingerprint density at radius 2 is 1.86 bits per heavy atom. The molecule has 1 saturated heterocycles. The molecule has 0 spiro atoms. The summed E-state index contributed by atoms with van der Waals surface area (Å²) in [5.41, 5.74) is 0.472. The Hall–Kier alpha value is -2.00. The molecule has 0 radical (unpaired) electrons. The van der Waals surface area contributed by atoms with Gasteiger partial charge in [-0.1, -0.05) is 56.5 Å². The summed E-state index contributed by atoms with van der Waals surface area (Å²) < 4.78 is 10.8. The number of methoxy groups -OCH3 is 1. The van der Waals surface area contributed by atoms with Crippen molar-refractivity contribution in [2.75, 3.05) is 18.7 Å². The van der Waals surface area contributed by atoms with Gasteiger partial charge in [0.05, 0.1) is 24.0 Å². The van der Waals surface area contributed by atoms with Crippen molar-refractivity contribution in [1.82, 2.24) is 15.5 Å². The Morgan fingerprint density at radius 3 is 2.50 bits per heavy atom. The molecule has 2 atom stereocenters. The lowest BCUT2D eigenvalue weighted by molar-refractivity contribution is -0.125. The van der Waals surface area contributed by atoms with Crippen LogP contribution < -0.4 is 15.4 Å². The average Bonchev–Trinajstić information content (AvgIpc) is 3.35. The average molecular weight is 536 g/mol. The Bertz CT molecular complexity index is 882. The first-order valence-corrected chi connectivity index (χ1v) is 14.5. The van der Waals surface area contributed by atoms with Crippen molar-refractivity contribution in [2.24, 2.45) is 5.92 Å². The lowest BCUT2D eigenvalue weighted by Gasteiger charge is -2.30. The second-order valence-electron chi connectivity index (χ2n) is 10.7. The lowest BCUT2D eigenvalue weighted by Crippen LogP contribution is -2.54. The van der Waals surface area contributed by atoms with E-state index >= 15 is 0 Å². The molecule has 3 rings (SSSR count). The number of thioether (sulfide) groups is 1. The van der Waals surface area contributed by atoms with Crippen molar-refractivity contribution >= 4 is 41.0 Å². The number of nitrogens with zero attached hydrogens (tertiary/aromatic N) is 1. The third-order valence-corrected chi connectivity index (χ3v) is 8.10. The zero-order valence-electron chi connectivity index (χ0n) is 22.0. The van der Waals surface area contributed by atoms with Gasteiger partial charge in [0.15, 0.2) is 0 Å². The molecule has 1 aromatic rings. The van der Waals surface area contributed by atoms with Crippen molar-refractivity contribution in [3.05, 3.63) is 29.8 Å². The fourth-order valence-corrected chi connectivity index (χ4v) is 6.02. The van der Waals surface area contributed by atoms with Gasteiger partial charge >= 0.3 is 6.09 Å². The number of hydrogen-bond donors (Lipinski definition) is 2. The van der Waals surface area contributed by atoms with Crippen LogP contribution in [0.2, 0.25) is 0 Å². The van der Waals surface area contributed by atoms with Gasteiger partial charge in [-0.15, -0.1) is 11.8 Å². The van der Waals surface area contributed by atoms with E-state index in [1.807, 2.05) is 45.0 Å². The van der Waals surface area contributed by atoms with Gasteiger partial charge in [0, 0.05) is 12.3 Å². The molecule has 9 heteroatoms. The Kier molecular flexibility index (Phi) is 10.7. The Balaban J connectivity index is 1.63. The maximum atomic E-state index is 13.4. The summed E-state index contributed by atoms with van der Waals surface area (Å²) in [6, 6.07) is 7.00. The van der Waals surface area contributed by atoms with Crippen molar-refractivity contribution in [3.63, 3.8) is 0 Å². The van der Waals surface area contributed by atoms with E-state index in [4.69, 9.17) is 21.7 Å².